The summed E-state index contributed by atoms with van der Waals surface area (Å²) in [5.41, 5.74) is 2.39. The highest BCUT2D eigenvalue weighted by molar-refractivity contribution is 7.17. The van der Waals surface area contributed by atoms with Gasteiger partial charge in [0.15, 0.2) is 0 Å². The minimum Gasteiger partial charge on any atom is -0.308 e. The number of hydrogen-bond acceptors (Lipinski definition) is 3. The van der Waals surface area contributed by atoms with E-state index in [0.717, 1.165) is 11.4 Å². The number of nitrogens with one attached hydrogen (secondary N) is 1. The second kappa shape index (κ2) is 6.49. The van der Waals surface area contributed by atoms with E-state index in [4.69, 9.17) is 0 Å². The summed E-state index contributed by atoms with van der Waals surface area (Å²) in [5, 5.41) is 5.79. The van der Waals surface area contributed by atoms with Gasteiger partial charge in [-0.15, -0.1) is 11.3 Å². The van der Waals surface area contributed by atoms with E-state index >= 15 is 0 Å². The first-order valence-corrected chi connectivity index (χ1v) is 8.07. The summed E-state index contributed by atoms with van der Waals surface area (Å²) in [4.78, 5) is 4.52. The minimum atomic E-state index is 0.359. The molecule has 0 fully saturated rings. The zero-order chi connectivity index (χ0) is 13.8. The molecule has 0 saturated carbocycles. The molecule has 19 heavy (non-hydrogen) atoms. The molecule has 0 radical (unpaired) electrons. The molecular weight excluding hydrogens is 252 g/mol. The van der Waals surface area contributed by atoms with E-state index in [1.807, 2.05) is 6.20 Å². The van der Waals surface area contributed by atoms with Crippen LogP contribution in [0.15, 0.2) is 23.7 Å². The molecule has 0 amide bonds. The number of nitrogens with zero attached hydrogens (tertiary/aromatic N) is 1. The molecule has 3 heteroatoms. The summed E-state index contributed by atoms with van der Waals surface area (Å²) in [5.74, 6) is 0.785. The molecule has 0 aliphatic carbocycles. The Hall–Kier alpha value is -0.930. The molecule has 2 aromatic rings. The maximum Gasteiger partial charge on any atom is 0.0809 e. The first-order chi connectivity index (χ1) is 9.10. The van der Waals surface area contributed by atoms with Gasteiger partial charge in [0.25, 0.3) is 0 Å². The van der Waals surface area contributed by atoms with Crippen LogP contribution >= 0.6 is 11.3 Å². The summed E-state index contributed by atoms with van der Waals surface area (Å²) in [6.07, 6.45) is 4.49. The Morgan fingerprint density at radius 1 is 1.32 bits per heavy atom. The lowest BCUT2D eigenvalue weighted by molar-refractivity contribution is 0.385. The maximum atomic E-state index is 4.52. The lowest BCUT2D eigenvalue weighted by atomic mass is 9.99. The fourth-order valence-corrected chi connectivity index (χ4v) is 3.25. The maximum absolute atomic E-state index is 4.52. The Labute approximate surface area is 120 Å². The van der Waals surface area contributed by atoms with Crippen molar-refractivity contribution >= 4 is 21.6 Å². The first kappa shape index (κ1) is 14.5. The highest BCUT2D eigenvalue weighted by Crippen LogP contribution is 2.23. The fraction of sp³-hybridized carbons (Fsp3) is 0.562. The lowest BCUT2D eigenvalue weighted by Gasteiger charge is -2.22. The van der Waals surface area contributed by atoms with Gasteiger partial charge in [0.2, 0.25) is 0 Å². The zero-order valence-electron chi connectivity index (χ0n) is 12.3. The van der Waals surface area contributed by atoms with Gasteiger partial charge < -0.3 is 5.32 Å². The monoisotopic (exact) mass is 276 g/mol. The molecule has 2 aromatic heterocycles. The van der Waals surface area contributed by atoms with E-state index in [9.17, 15) is 0 Å². The third kappa shape index (κ3) is 3.77. The van der Waals surface area contributed by atoms with Crippen LogP contribution < -0.4 is 5.32 Å². The molecule has 104 valence electrons. The van der Waals surface area contributed by atoms with Gasteiger partial charge in [-0.05, 0) is 49.3 Å². The van der Waals surface area contributed by atoms with E-state index in [1.54, 1.807) is 11.3 Å². The Morgan fingerprint density at radius 3 is 2.84 bits per heavy atom. The van der Waals surface area contributed by atoms with Crippen LogP contribution in [-0.4, -0.2) is 11.0 Å². The van der Waals surface area contributed by atoms with Crippen LogP contribution in [0.1, 0.15) is 52.1 Å². The topological polar surface area (TPSA) is 24.9 Å². The van der Waals surface area contributed by atoms with Crippen LogP contribution in [0.25, 0.3) is 10.2 Å². The molecule has 0 saturated heterocycles. The first-order valence-electron chi connectivity index (χ1n) is 7.19. The third-order valence-corrected chi connectivity index (χ3v) is 4.66. The second-order valence-corrected chi connectivity index (χ2v) is 6.56. The van der Waals surface area contributed by atoms with E-state index in [0.29, 0.717) is 12.1 Å². The Morgan fingerprint density at radius 2 is 2.11 bits per heavy atom. The van der Waals surface area contributed by atoms with Gasteiger partial charge in [0, 0.05) is 18.3 Å². The van der Waals surface area contributed by atoms with Gasteiger partial charge in [-0.3, -0.25) is 4.98 Å². The Kier molecular flexibility index (Phi) is 4.94. The van der Waals surface area contributed by atoms with Crippen LogP contribution in [0.4, 0.5) is 0 Å². The average molecular weight is 276 g/mol. The van der Waals surface area contributed by atoms with Crippen LogP contribution in [0.3, 0.4) is 0 Å². The molecule has 2 rings (SSSR count). The number of thiophene rings is 1. The van der Waals surface area contributed by atoms with Gasteiger partial charge in [0.05, 0.1) is 10.2 Å². The van der Waals surface area contributed by atoms with Crippen LogP contribution in [-0.2, 0) is 0 Å². The second-order valence-electron chi connectivity index (χ2n) is 5.61. The number of pyridine rings is 1. The molecule has 2 heterocycles. The van der Waals surface area contributed by atoms with E-state index in [2.05, 4.69) is 55.5 Å². The molecule has 0 aromatic carbocycles. The van der Waals surface area contributed by atoms with Crippen molar-refractivity contribution in [2.75, 3.05) is 0 Å². The molecule has 0 spiro atoms. The van der Waals surface area contributed by atoms with E-state index < -0.39 is 0 Å². The highest BCUT2D eigenvalue weighted by Gasteiger charge is 2.12. The van der Waals surface area contributed by atoms with Crippen molar-refractivity contribution < 1.29 is 0 Å². The number of rotatable bonds is 6. The summed E-state index contributed by atoms with van der Waals surface area (Å²) < 4.78 is 1.28. The molecular formula is C16H24N2S. The van der Waals surface area contributed by atoms with Crippen molar-refractivity contribution in [3.8, 4) is 0 Å². The fourth-order valence-electron chi connectivity index (χ4n) is 2.46. The highest BCUT2D eigenvalue weighted by atomic mass is 32.1. The number of hydrogen-bond donors (Lipinski definition) is 1. The average Bonchev–Trinajstić information content (AvgIpc) is 2.85. The largest absolute Gasteiger partial charge is 0.308 e. The van der Waals surface area contributed by atoms with Crippen molar-refractivity contribution in [2.45, 2.75) is 52.6 Å². The van der Waals surface area contributed by atoms with Crippen molar-refractivity contribution in [1.29, 1.82) is 0 Å². The van der Waals surface area contributed by atoms with Crippen LogP contribution in [0, 0.1) is 5.92 Å². The molecule has 2 nitrogen and oxygen atoms in total. The molecule has 3 unspecified atom stereocenters. The molecule has 1 N–H and O–H groups in total. The van der Waals surface area contributed by atoms with Crippen molar-refractivity contribution in [2.24, 2.45) is 5.92 Å². The van der Waals surface area contributed by atoms with Gasteiger partial charge >= 0.3 is 0 Å². The van der Waals surface area contributed by atoms with E-state index in [-0.39, 0.29) is 0 Å². The number of fused-ring (bicyclic) bond motifs is 1. The predicted molar refractivity (Wildman–Crippen MR) is 84.7 cm³/mol. The summed E-state index contributed by atoms with van der Waals surface area (Å²) in [6, 6.07) is 5.25. The lowest BCUT2D eigenvalue weighted by Crippen LogP contribution is -2.30. The molecule has 3 atom stereocenters. The zero-order valence-corrected chi connectivity index (χ0v) is 13.1. The summed E-state index contributed by atoms with van der Waals surface area (Å²) in [6.45, 7) is 9.08. The van der Waals surface area contributed by atoms with Gasteiger partial charge in [-0.2, -0.15) is 0 Å². The molecule has 0 aliphatic heterocycles. The number of aromatic nitrogens is 1. The van der Waals surface area contributed by atoms with Gasteiger partial charge in [-0.1, -0.05) is 20.3 Å². The van der Waals surface area contributed by atoms with E-state index in [1.165, 1.54) is 23.1 Å². The quantitative estimate of drug-likeness (QED) is 0.822. The van der Waals surface area contributed by atoms with Crippen molar-refractivity contribution in [1.82, 2.24) is 10.3 Å². The minimum absolute atomic E-state index is 0.359. The van der Waals surface area contributed by atoms with Crippen molar-refractivity contribution in [3.63, 3.8) is 0 Å². The van der Waals surface area contributed by atoms with Gasteiger partial charge in [-0.25, -0.2) is 0 Å². The van der Waals surface area contributed by atoms with Crippen molar-refractivity contribution in [3.05, 3.63) is 29.3 Å². The normalized spacial score (nSPS) is 16.4. The summed E-state index contributed by atoms with van der Waals surface area (Å²) >= 11 is 1.76. The predicted octanol–water partition coefficient (Wildman–Crippen LogP) is 4.77. The smallest absolute Gasteiger partial charge is 0.0809 e. The molecule has 0 aliphatic rings. The standard InChI is InChI=1S/C16H24N2S/c1-5-11(2)8-12(3)18-13(4)14-9-16-15(17-10-14)6-7-19-16/h6-7,9-13,18H,5,8H2,1-4H3. The van der Waals surface area contributed by atoms with Crippen LogP contribution in [0.2, 0.25) is 0 Å². The van der Waals surface area contributed by atoms with Crippen LogP contribution in [0.5, 0.6) is 0 Å². The summed E-state index contributed by atoms with van der Waals surface area (Å²) in [7, 11) is 0. The SMILES string of the molecule is CCC(C)CC(C)NC(C)c1cnc2ccsc2c1. The Balaban J connectivity index is 2.00. The Bertz CT molecular complexity index is 520. The third-order valence-electron chi connectivity index (χ3n) is 3.81. The van der Waals surface area contributed by atoms with Gasteiger partial charge in [0.1, 0.15) is 0 Å². The molecule has 0 bridgehead atoms.